The lowest BCUT2D eigenvalue weighted by atomic mass is 9.93. The Morgan fingerprint density at radius 3 is 1.60 bits per heavy atom. The molecular weight excluding hydrogens is 701 g/mol. The molecule has 0 unspecified atom stereocenters. The van der Waals surface area contributed by atoms with Crippen molar-refractivity contribution in [3.8, 4) is 39.1 Å². The topological polar surface area (TPSA) is 8.17 Å². The number of benzene rings is 10. The first kappa shape index (κ1) is 33.6. The van der Waals surface area contributed by atoms with Crippen LogP contribution >= 0.6 is 0 Å². The molecule has 2 heteroatoms. The van der Waals surface area contributed by atoms with E-state index in [9.17, 15) is 0 Å². The van der Waals surface area contributed by atoms with E-state index in [1.165, 1.54) is 76.7 Å². The molecule has 0 aliphatic heterocycles. The van der Waals surface area contributed by atoms with Gasteiger partial charge in [-0.2, -0.15) is 0 Å². The summed E-state index contributed by atoms with van der Waals surface area (Å²) in [5, 5.41) is 7.50. The number of anilines is 3. The maximum Gasteiger partial charge on any atom is 0.0541 e. The van der Waals surface area contributed by atoms with Crippen LogP contribution in [0.2, 0.25) is 0 Å². The van der Waals surface area contributed by atoms with Crippen LogP contribution in [0.25, 0.3) is 82.4 Å². The Balaban J connectivity index is 1.10. The predicted octanol–water partition coefficient (Wildman–Crippen LogP) is 15.6. The Morgan fingerprint density at radius 1 is 0.276 bits per heavy atom. The van der Waals surface area contributed by atoms with Gasteiger partial charge in [0.25, 0.3) is 0 Å². The lowest BCUT2D eigenvalue weighted by molar-refractivity contribution is 1.18. The smallest absolute Gasteiger partial charge is 0.0541 e. The second-order valence-corrected chi connectivity index (χ2v) is 15.0. The Hall–Kier alpha value is -7.68. The molecule has 0 aliphatic rings. The van der Waals surface area contributed by atoms with Crippen LogP contribution in [0.15, 0.2) is 231 Å². The molecule has 1 aromatic heterocycles. The SMILES string of the molecule is c1ccc(-c2cccc(N(c3ccc(-c4cccc(-n5c6ccccc6c6ccccc65)c4)c(-c4ccccc4)c3)c3ccc4c(ccc5ccccc54)c3)c2)cc1. The summed E-state index contributed by atoms with van der Waals surface area (Å²) in [5.41, 5.74) is 13.9. The molecule has 0 amide bonds. The number of hydrogen-bond donors (Lipinski definition) is 0. The molecule has 2 nitrogen and oxygen atoms in total. The number of hydrogen-bond acceptors (Lipinski definition) is 1. The van der Waals surface area contributed by atoms with Gasteiger partial charge in [-0.3, -0.25) is 0 Å². The Morgan fingerprint density at radius 2 is 0.828 bits per heavy atom. The molecule has 58 heavy (non-hydrogen) atoms. The van der Waals surface area contributed by atoms with Crippen molar-refractivity contribution in [2.45, 2.75) is 0 Å². The summed E-state index contributed by atoms with van der Waals surface area (Å²) < 4.78 is 2.40. The fourth-order valence-electron chi connectivity index (χ4n) is 8.83. The Labute approximate surface area is 338 Å². The second kappa shape index (κ2) is 14.1. The van der Waals surface area contributed by atoms with E-state index in [1.807, 2.05) is 0 Å². The van der Waals surface area contributed by atoms with Gasteiger partial charge in [-0.25, -0.2) is 0 Å². The van der Waals surface area contributed by atoms with Crippen molar-refractivity contribution in [3.63, 3.8) is 0 Å². The minimum Gasteiger partial charge on any atom is -0.310 e. The zero-order chi connectivity index (χ0) is 38.4. The van der Waals surface area contributed by atoms with Gasteiger partial charge >= 0.3 is 0 Å². The number of nitrogens with zero attached hydrogens (tertiary/aromatic N) is 2. The average Bonchev–Trinajstić information content (AvgIpc) is 3.64. The van der Waals surface area contributed by atoms with E-state index in [2.05, 4.69) is 240 Å². The maximum absolute atomic E-state index is 2.41. The van der Waals surface area contributed by atoms with Crippen LogP contribution in [-0.4, -0.2) is 4.57 Å². The summed E-state index contributed by atoms with van der Waals surface area (Å²) in [5.74, 6) is 0. The molecule has 272 valence electrons. The summed E-state index contributed by atoms with van der Waals surface area (Å²) in [6.07, 6.45) is 0. The molecule has 0 bridgehead atoms. The monoisotopic (exact) mass is 738 g/mol. The highest BCUT2D eigenvalue weighted by Crippen LogP contribution is 2.43. The van der Waals surface area contributed by atoms with E-state index in [0.717, 1.165) is 22.7 Å². The van der Waals surface area contributed by atoms with E-state index >= 15 is 0 Å². The van der Waals surface area contributed by atoms with Gasteiger partial charge in [0, 0.05) is 33.5 Å². The molecule has 0 spiro atoms. The zero-order valence-electron chi connectivity index (χ0n) is 31.8. The van der Waals surface area contributed by atoms with Gasteiger partial charge in [0.05, 0.1) is 11.0 Å². The highest BCUT2D eigenvalue weighted by Gasteiger charge is 2.19. The number of aromatic nitrogens is 1. The van der Waals surface area contributed by atoms with Gasteiger partial charge in [0.15, 0.2) is 0 Å². The van der Waals surface area contributed by atoms with Crippen LogP contribution in [-0.2, 0) is 0 Å². The summed E-state index contributed by atoms with van der Waals surface area (Å²) >= 11 is 0. The first-order valence-corrected chi connectivity index (χ1v) is 19.9. The highest BCUT2D eigenvalue weighted by molar-refractivity contribution is 6.10. The lowest BCUT2D eigenvalue weighted by Gasteiger charge is -2.28. The summed E-state index contributed by atoms with van der Waals surface area (Å²) in [6, 6.07) is 83.8. The molecule has 0 N–H and O–H groups in total. The third kappa shape index (κ3) is 5.82. The van der Waals surface area contributed by atoms with E-state index in [-0.39, 0.29) is 0 Å². The summed E-state index contributed by atoms with van der Waals surface area (Å²) in [4.78, 5) is 2.41. The normalized spacial score (nSPS) is 11.4. The Kier molecular flexibility index (Phi) is 8.19. The van der Waals surface area contributed by atoms with Crippen LogP contribution < -0.4 is 4.90 Å². The van der Waals surface area contributed by atoms with Crippen LogP contribution in [0, 0.1) is 0 Å². The molecule has 0 atom stereocenters. The third-order valence-electron chi connectivity index (χ3n) is 11.5. The molecular formula is C56H38N2. The molecule has 0 fully saturated rings. The van der Waals surface area contributed by atoms with E-state index in [4.69, 9.17) is 0 Å². The second-order valence-electron chi connectivity index (χ2n) is 15.0. The minimum absolute atomic E-state index is 1.09. The van der Waals surface area contributed by atoms with Crippen molar-refractivity contribution in [2.75, 3.05) is 4.90 Å². The lowest BCUT2D eigenvalue weighted by Crippen LogP contribution is -2.10. The fourth-order valence-corrected chi connectivity index (χ4v) is 8.83. The zero-order valence-corrected chi connectivity index (χ0v) is 31.8. The molecule has 11 aromatic rings. The van der Waals surface area contributed by atoms with Crippen LogP contribution in [0.1, 0.15) is 0 Å². The Bertz CT molecular complexity index is 3230. The standard InChI is InChI=1S/C56H38N2/c1-3-15-39(16-4-1)42-20-13-22-45(35-42)57(47-31-33-50-44(37-47)30-29-41-19-7-8-24-49(41)50)48-32-34-51(54(38-48)40-17-5-2-6-18-40)43-21-14-23-46(36-43)58-55-27-11-9-25-52(55)53-26-10-12-28-56(53)58/h1-38H. The fraction of sp³-hybridized carbons (Fsp3) is 0. The van der Waals surface area contributed by atoms with E-state index < -0.39 is 0 Å². The quantitative estimate of drug-likeness (QED) is 0.148. The summed E-state index contributed by atoms with van der Waals surface area (Å²) in [6.45, 7) is 0. The molecule has 0 saturated carbocycles. The van der Waals surface area contributed by atoms with Gasteiger partial charge in [-0.1, -0.05) is 170 Å². The largest absolute Gasteiger partial charge is 0.310 e. The van der Waals surface area contributed by atoms with Crippen molar-refractivity contribution >= 4 is 60.4 Å². The van der Waals surface area contributed by atoms with Crippen molar-refractivity contribution in [1.29, 1.82) is 0 Å². The van der Waals surface area contributed by atoms with Crippen LogP contribution in [0.5, 0.6) is 0 Å². The van der Waals surface area contributed by atoms with Crippen LogP contribution in [0.3, 0.4) is 0 Å². The first-order chi connectivity index (χ1) is 28.8. The average molecular weight is 739 g/mol. The molecule has 11 rings (SSSR count). The van der Waals surface area contributed by atoms with E-state index in [0.29, 0.717) is 0 Å². The number of para-hydroxylation sites is 2. The molecule has 10 aromatic carbocycles. The predicted molar refractivity (Wildman–Crippen MR) is 247 cm³/mol. The maximum atomic E-state index is 2.41. The highest BCUT2D eigenvalue weighted by atomic mass is 15.1. The number of fused-ring (bicyclic) bond motifs is 6. The van der Waals surface area contributed by atoms with Crippen molar-refractivity contribution in [2.24, 2.45) is 0 Å². The van der Waals surface area contributed by atoms with Crippen molar-refractivity contribution < 1.29 is 0 Å². The van der Waals surface area contributed by atoms with Gasteiger partial charge in [-0.05, 0) is 116 Å². The number of rotatable bonds is 7. The molecule has 0 saturated heterocycles. The minimum atomic E-state index is 1.09. The van der Waals surface area contributed by atoms with Crippen molar-refractivity contribution in [3.05, 3.63) is 231 Å². The van der Waals surface area contributed by atoms with Gasteiger partial charge < -0.3 is 9.47 Å². The molecule has 0 radical (unpaired) electrons. The first-order valence-electron chi connectivity index (χ1n) is 19.9. The molecule has 0 aliphatic carbocycles. The van der Waals surface area contributed by atoms with Gasteiger partial charge in [0.1, 0.15) is 0 Å². The molecule has 1 heterocycles. The summed E-state index contributed by atoms with van der Waals surface area (Å²) in [7, 11) is 0. The van der Waals surface area contributed by atoms with Gasteiger partial charge in [-0.15, -0.1) is 0 Å². The van der Waals surface area contributed by atoms with E-state index in [1.54, 1.807) is 0 Å². The third-order valence-corrected chi connectivity index (χ3v) is 11.5. The van der Waals surface area contributed by atoms with Gasteiger partial charge in [0.2, 0.25) is 0 Å². The van der Waals surface area contributed by atoms with Crippen LogP contribution in [0.4, 0.5) is 17.1 Å². The van der Waals surface area contributed by atoms with Crippen molar-refractivity contribution in [1.82, 2.24) is 4.57 Å².